The Kier molecular flexibility index (Phi) is 4.57. The van der Waals surface area contributed by atoms with Crippen molar-refractivity contribution in [1.82, 2.24) is 0 Å². The van der Waals surface area contributed by atoms with E-state index < -0.39 is 4.92 Å². The summed E-state index contributed by atoms with van der Waals surface area (Å²) in [7, 11) is 0. The maximum Gasteiger partial charge on any atom is 0.269 e. The molecule has 0 bridgehead atoms. The maximum absolute atomic E-state index is 10.5. The normalized spacial score (nSPS) is 13.2. The Bertz CT molecular complexity index is 434. The standard InChI is InChI=1S/C13H15NO3/c1-10(7-11(2)9-15)8-12-3-5-13(6-4-12)14(16)17/h3-7,9-10H,8H2,1-2H3/b11-7+/t10-/m1/s1. The molecule has 0 unspecified atom stereocenters. The Hall–Kier alpha value is -1.97. The zero-order valence-electron chi connectivity index (χ0n) is 9.92. The van der Waals surface area contributed by atoms with Crippen molar-refractivity contribution in [2.45, 2.75) is 20.3 Å². The molecule has 0 fully saturated rings. The van der Waals surface area contributed by atoms with Crippen LogP contribution in [-0.4, -0.2) is 11.2 Å². The summed E-state index contributed by atoms with van der Waals surface area (Å²) in [6.07, 6.45) is 3.49. The summed E-state index contributed by atoms with van der Waals surface area (Å²) in [6, 6.07) is 6.49. The Labute approximate surface area is 100 Å². The van der Waals surface area contributed by atoms with Gasteiger partial charge in [-0.2, -0.15) is 0 Å². The fourth-order valence-corrected chi connectivity index (χ4v) is 1.67. The molecule has 0 aliphatic heterocycles. The van der Waals surface area contributed by atoms with Crippen LogP contribution in [0.25, 0.3) is 0 Å². The third kappa shape index (κ3) is 4.18. The van der Waals surface area contributed by atoms with Gasteiger partial charge in [0.05, 0.1) is 4.92 Å². The molecular formula is C13H15NO3. The molecule has 4 heteroatoms. The van der Waals surface area contributed by atoms with Crippen LogP contribution in [0.1, 0.15) is 19.4 Å². The van der Waals surface area contributed by atoms with Crippen molar-refractivity contribution >= 4 is 12.0 Å². The van der Waals surface area contributed by atoms with E-state index in [-0.39, 0.29) is 11.6 Å². The van der Waals surface area contributed by atoms with E-state index in [1.54, 1.807) is 19.1 Å². The fraction of sp³-hybridized carbons (Fsp3) is 0.308. The Balaban J connectivity index is 2.69. The molecule has 0 amide bonds. The predicted molar refractivity (Wildman–Crippen MR) is 65.8 cm³/mol. The number of nitro benzene ring substituents is 1. The number of non-ortho nitro benzene ring substituents is 1. The van der Waals surface area contributed by atoms with Crippen LogP contribution in [-0.2, 0) is 11.2 Å². The van der Waals surface area contributed by atoms with E-state index in [1.165, 1.54) is 12.1 Å². The first kappa shape index (κ1) is 13.1. The summed E-state index contributed by atoms with van der Waals surface area (Å²) >= 11 is 0. The molecule has 1 atom stereocenters. The predicted octanol–water partition coefficient (Wildman–Crippen LogP) is 2.92. The molecule has 0 saturated carbocycles. The molecule has 1 aromatic carbocycles. The van der Waals surface area contributed by atoms with Crippen LogP contribution in [0, 0.1) is 16.0 Å². The lowest BCUT2D eigenvalue weighted by atomic mass is 9.99. The van der Waals surface area contributed by atoms with Gasteiger partial charge in [-0.25, -0.2) is 0 Å². The fourth-order valence-electron chi connectivity index (χ4n) is 1.67. The number of benzene rings is 1. The Morgan fingerprint density at radius 3 is 2.47 bits per heavy atom. The summed E-state index contributed by atoms with van der Waals surface area (Å²) in [6.45, 7) is 3.77. The van der Waals surface area contributed by atoms with Gasteiger partial charge < -0.3 is 0 Å². The highest BCUT2D eigenvalue weighted by molar-refractivity contribution is 5.72. The van der Waals surface area contributed by atoms with Gasteiger partial charge in [0.15, 0.2) is 0 Å². The summed E-state index contributed by atoms with van der Waals surface area (Å²) in [5.74, 6) is 0.238. The highest BCUT2D eigenvalue weighted by atomic mass is 16.6. The first-order chi connectivity index (χ1) is 8.02. The highest BCUT2D eigenvalue weighted by Gasteiger charge is 2.06. The van der Waals surface area contributed by atoms with Gasteiger partial charge >= 0.3 is 0 Å². The van der Waals surface area contributed by atoms with Gasteiger partial charge in [-0.1, -0.05) is 25.1 Å². The average Bonchev–Trinajstić information content (AvgIpc) is 2.29. The molecule has 17 heavy (non-hydrogen) atoms. The number of allylic oxidation sites excluding steroid dienone is 2. The zero-order valence-corrected chi connectivity index (χ0v) is 9.92. The zero-order chi connectivity index (χ0) is 12.8. The molecule has 0 radical (unpaired) electrons. The van der Waals surface area contributed by atoms with Crippen LogP contribution < -0.4 is 0 Å². The van der Waals surface area contributed by atoms with E-state index in [1.807, 2.05) is 13.0 Å². The van der Waals surface area contributed by atoms with Gasteiger partial charge in [0.1, 0.15) is 6.29 Å². The number of hydrogen-bond donors (Lipinski definition) is 0. The molecule has 0 spiro atoms. The smallest absolute Gasteiger partial charge is 0.269 e. The summed E-state index contributed by atoms with van der Waals surface area (Å²) in [4.78, 5) is 20.5. The minimum absolute atomic E-state index is 0.0982. The van der Waals surface area contributed by atoms with Gasteiger partial charge in [-0.15, -0.1) is 0 Å². The molecule has 1 rings (SSSR count). The van der Waals surface area contributed by atoms with Crippen LogP contribution in [0.3, 0.4) is 0 Å². The minimum Gasteiger partial charge on any atom is -0.298 e. The highest BCUT2D eigenvalue weighted by Crippen LogP contribution is 2.16. The first-order valence-corrected chi connectivity index (χ1v) is 5.40. The van der Waals surface area contributed by atoms with E-state index >= 15 is 0 Å². The third-order valence-electron chi connectivity index (χ3n) is 2.44. The number of carbonyl (C=O) groups excluding carboxylic acids is 1. The van der Waals surface area contributed by atoms with Gasteiger partial charge in [0.25, 0.3) is 5.69 Å². The quantitative estimate of drug-likeness (QED) is 0.340. The summed E-state index contributed by atoms with van der Waals surface area (Å²) in [5.41, 5.74) is 1.83. The van der Waals surface area contributed by atoms with E-state index in [2.05, 4.69) is 0 Å². The van der Waals surface area contributed by atoms with Crippen molar-refractivity contribution in [1.29, 1.82) is 0 Å². The molecule has 0 aromatic heterocycles. The van der Waals surface area contributed by atoms with E-state index in [4.69, 9.17) is 0 Å². The molecule has 4 nitrogen and oxygen atoms in total. The third-order valence-corrected chi connectivity index (χ3v) is 2.44. The van der Waals surface area contributed by atoms with Gasteiger partial charge in [0.2, 0.25) is 0 Å². The topological polar surface area (TPSA) is 60.2 Å². The van der Waals surface area contributed by atoms with Crippen molar-refractivity contribution in [3.8, 4) is 0 Å². The van der Waals surface area contributed by atoms with Crippen LogP contribution in [0.5, 0.6) is 0 Å². The number of hydrogen-bond acceptors (Lipinski definition) is 3. The van der Waals surface area contributed by atoms with Crippen molar-refractivity contribution < 1.29 is 9.72 Å². The molecule has 0 heterocycles. The first-order valence-electron chi connectivity index (χ1n) is 5.40. The Morgan fingerprint density at radius 1 is 1.41 bits per heavy atom. The molecular weight excluding hydrogens is 218 g/mol. The van der Waals surface area contributed by atoms with Crippen molar-refractivity contribution in [3.63, 3.8) is 0 Å². The summed E-state index contributed by atoms with van der Waals surface area (Å²) < 4.78 is 0. The van der Waals surface area contributed by atoms with Crippen LogP contribution in [0.2, 0.25) is 0 Å². The van der Waals surface area contributed by atoms with Gasteiger partial charge in [0, 0.05) is 12.1 Å². The molecule has 1 aromatic rings. The summed E-state index contributed by atoms with van der Waals surface area (Å²) in [5, 5.41) is 10.5. The number of aldehydes is 1. The second kappa shape index (κ2) is 5.94. The lowest BCUT2D eigenvalue weighted by Gasteiger charge is -2.06. The van der Waals surface area contributed by atoms with Crippen molar-refractivity contribution in [2.75, 3.05) is 0 Å². The van der Waals surface area contributed by atoms with E-state index in [0.717, 1.165) is 18.3 Å². The molecule has 90 valence electrons. The van der Waals surface area contributed by atoms with Crippen LogP contribution in [0.4, 0.5) is 5.69 Å². The SMILES string of the molecule is C/C(C=O)=C\[C@@H](C)Cc1ccc([N+](=O)[O-])cc1. The second-order valence-corrected chi connectivity index (χ2v) is 4.13. The largest absolute Gasteiger partial charge is 0.298 e. The average molecular weight is 233 g/mol. The van der Waals surface area contributed by atoms with Crippen molar-refractivity contribution in [3.05, 3.63) is 51.6 Å². The van der Waals surface area contributed by atoms with Crippen LogP contribution >= 0.6 is 0 Å². The number of carbonyl (C=O) groups is 1. The van der Waals surface area contributed by atoms with Gasteiger partial charge in [-0.05, 0) is 30.4 Å². The number of nitrogens with zero attached hydrogens (tertiary/aromatic N) is 1. The van der Waals surface area contributed by atoms with Crippen molar-refractivity contribution in [2.24, 2.45) is 5.92 Å². The van der Waals surface area contributed by atoms with E-state index in [0.29, 0.717) is 5.57 Å². The lowest BCUT2D eigenvalue weighted by Crippen LogP contribution is -1.98. The maximum atomic E-state index is 10.5. The Morgan fingerprint density at radius 2 is 2.00 bits per heavy atom. The van der Waals surface area contributed by atoms with Gasteiger partial charge in [-0.3, -0.25) is 14.9 Å². The molecule has 0 saturated heterocycles. The minimum atomic E-state index is -0.413. The van der Waals surface area contributed by atoms with Crippen LogP contribution in [0.15, 0.2) is 35.9 Å². The molecule has 0 aliphatic carbocycles. The number of rotatable bonds is 5. The molecule has 0 aliphatic rings. The lowest BCUT2D eigenvalue weighted by molar-refractivity contribution is -0.384. The monoisotopic (exact) mass is 233 g/mol. The second-order valence-electron chi connectivity index (χ2n) is 4.13. The molecule has 0 N–H and O–H groups in total. The number of nitro groups is 1. The van der Waals surface area contributed by atoms with E-state index in [9.17, 15) is 14.9 Å².